The maximum Gasteiger partial charge on any atom is 0.314 e. The van der Waals surface area contributed by atoms with Crippen LogP contribution in [0, 0.1) is 16.7 Å². The maximum atomic E-state index is 12.4. The molecule has 1 aromatic rings. The molecule has 0 aromatic heterocycles. The van der Waals surface area contributed by atoms with E-state index in [9.17, 15) is 14.7 Å². The van der Waals surface area contributed by atoms with E-state index in [0.717, 1.165) is 0 Å². The highest BCUT2D eigenvalue weighted by molar-refractivity contribution is 6.30. The number of carbonyl (C=O) groups is 2. The van der Waals surface area contributed by atoms with Gasteiger partial charge in [-0.1, -0.05) is 25.4 Å². The summed E-state index contributed by atoms with van der Waals surface area (Å²) in [7, 11) is 0. The van der Waals surface area contributed by atoms with Crippen LogP contribution in [0.2, 0.25) is 5.02 Å². The molecule has 1 N–H and O–H groups in total. The minimum Gasteiger partial charge on any atom is -0.481 e. The molecule has 1 aromatic carbocycles. The van der Waals surface area contributed by atoms with Gasteiger partial charge in [-0.25, -0.2) is 0 Å². The van der Waals surface area contributed by atoms with E-state index in [1.165, 1.54) is 0 Å². The minimum absolute atomic E-state index is 0.382. The van der Waals surface area contributed by atoms with E-state index >= 15 is 0 Å². The second kappa shape index (κ2) is 5.34. The summed E-state index contributed by atoms with van der Waals surface area (Å²) in [5.41, 5.74) is -1.58. The fourth-order valence-electron chi connectivity index (χ4n) is 2.99. The molecule has 0 aliphatic heterocycles. The van der Waals surface area contributed by atoms with Crippen LogP contribution in [0.15, 0.2) is 24.3 Å². The van der Waals surface area contributed by atoms with Crippen molar-refractivity contribution in [1.82, 2.24) is 0 Å². The summed E-state index contributed by atoms with van der Waals surface area (Å²) in [5.74, 6) is -1.26. The Kier molecular flexibility index (Phi) is 4.02. The number of carbonyl (C=O) groups excluding carboxylic acids is 1. The maximum absolute atomic E-state index is 12.4. The lowest BCUT2D eigenvalue weighted by atomic mass is 9.66. The van der Waals surface area contributed by atoms with E-state index in [4.69, 9.17) is 16.3 Å². The summed E-state index contributed by atoms with van der Waals surface area (Å²) in [6.07, 6.45) is 0.984. The van der Waals surface area contributed by atoms with Crippen LogP contribution in [-0.4, -0.2) is 17.0 Å². The van der Waals surface area contributed by atoms with Gasteiger partial charge in [0.1, 0.15) is 5.75 Å². The highest BCUT2D eigenvalue weighted by atomic mass is 35.5. The van der Waals surface area contributed by atoms with Gasteiger partial charge >= 0.3 is 11.9 Å². The van der Waals surface area contributed by atoms with E-state index in [1.807, 2.05) is 13.8 Å². The minimum atomic E-state index is -0.920. The van der Waals surface area contributed by atoms with Crippen molar-refractivity contribution < 1.29 is 19.4 Å². The number of benzene rings is 1. The van der Waals surface area contributed by atoms with Crippen molar-refractivity contribution >= 4 is 23.5 Å². The first-order valence-corrected chi connectivity index (χ1v) is 7.27. The van der Waals surface area contributed by atoms with Crippen molar-refractivity contribution in [3.8, 4) is 5.75 Å². The average Bonchev–Trinajstić information content (AvgIpc) is 2.64. The van der Waals surface area contributed by atoms with Crippen LogP contribution in [0.1, 0.15) is 33.6 Å². The van der Waals surface area contributed by atoms with Crippen molar-refractivity contribution in [1.29, 1.82) is 0 Å². The van der Waals surface area contributed by atoms with Gasteiger partial charge < -0.3 is 9.84 Å². The van der Waals surface area contributed by atoms with E-state index < -0.39 is 22.7 Å². The smallest absolute Gasteiger partial charge is 0.314 e. The standard InChI is InChI=1S/C16H19ClO4/c1-15(2)12(8-9-16(15,3)14(19)20)13(18)21-11-6-4-10(17)5-7-11/h4-7,12H,8-9H2,1-3H3,(H,19,20). The quantitative estimate of drug-likeness (QED) is 0.682. The summed E-state index contributed by atoms with van der Waals surface area (Å²) < 4.78 is 5.37. The molecule has 0 spiro atoms. The van der Waals surface area contributed by atoms with E-state index in [-0.39, 0.29) is 5.97 Å². The second-order valence-electron chi connectivity index (χ2n) is 6.33. The van der Waals surface area contributed by atoms with Gasteiger partial charge in [-0.2, -0.15) is 0 Å². The van der Waals surface area contributed by atoms with Gasteiger partial charge in [-0.15, -0.1) is 0 Å². The number of carboxylic acids is 1. The van der Waals surface area contributed by atoms with Gasteiger partial charge in [-0.05, 0) is 49.4 Å². The van der Waals surface area contributed by atoms with E-state index in [2.05, 4.69) is 0 Å². The predicted molar refractivity (Wildman–Crippen MR) is 79.3 cm³/mol. The lowest BCUT2D eigenvalue weighted by molar-refractivity contribution is -0.157. The van der Waals surface area contributed by atoms with Crippen LogP contribution in [-0.2, 0) is 9.59 Å². The molecule has 0 amide bonds. The number of hydrogen-bond donors (Lipinski definition) is 1. The molecule has 1 aliphatic carbocycles. The van der Waals surface area contributed by atoms with Gasteiger partial charge in [0.2, 0.25) is 0 Å². The number of rotatable bonds is 3. The molecular weight excluding hydrogens is 292 g/mol. The van der Waals surface area contributed by atoms with Crippen LogP contribution >= 0.6 is 11.6 Å². The van der Waals surface area contributed by atoms with Crippen LogP contribution in [0.3, 0.4) is 0 Å². The van der Waals surface area contributed by atoms with Crippen LogP contribution < -0.4 is 4.74 Å². The molecule has 1 saturated carbocycles. The first-order valence-electron chi connectivity index (χ1n) is 6.89. The number of ether oxygens (including phenoxy) is 1. The molecule has 0 radical (unpaired) electrons. The van der Waals surface area contributed by atoms with E-state index in [0.29, 0.717) is 23.6 Å². The average molecular weight is 311 g/mol. The summed E-state index contributed by atoms with van der Waals surface area (Å²) in [4.78, 5) is 23.9. The number of carboxylic acid groups (broad SMARTS) is 1. The zero-order chi connectivity index (χ0) is 15.8. The highest BCUT2D eigenvalue weighted by Crippen LogP contribution is 2.56. The third-order valence-electron chi connectivity index (χ3n) is 5.01. The fourth-order valence-corrected chi connectivity index (χ4v) is 3.11. The van der Waals surface area contributed by atoms with Gasteiger partial charge in [0.25, 0.3) is 0 Å². The topological polar surface area (TPSA) is 63.6 Å². The Balaban J connectivity index is 2.17. The zero-order valence-electron chi connectivity index (χ0n) is 12.4. The van der Waals surface area contributed by atoms with Gasteiger partial charge in [0, 0.05) is 5.02 Å². The molecule has 1 aliphatic rings. The molecule has 5 heteroatoms. The second-order valence-corrected chi connectivity index (χ2v) is 6.76. The lowest BCUT2D eigenvalue weighted by Crippen LogP contribution is -2.43. The molecule has 2 unspecified atom stereocenters. The molecule has 2 rings (SSSR count). The number of hydrogen-bond acceptors (Lipinski definition) is 3. The number of halogens is 1. The van der Waals surface area contributed by atoms with Crippen molar-refractivity contribution in [2.75, 3.05) is 0 Å². The Morgan fingerprint density at radius 1 is 1.24 bits per heavy atom. The number of aliphatic carboxylic acids is 1. The zero-order valence-corrected chi connectivity index (χ0v) is 13.1. The highest BCUT2D eigenvalue weighted by Gasteiger charge is 2.58. The van der Waals surface area contributed by atoms with Crippen molar-refractivity contribution in [2.45, 2.75) is 33.6 Å². The molecular formula is C16H19ClO4. The first kappa shape index (κ1) is 15.8. The Hall–Kier alpha value is -1.55. The van der Waals surface area contributed by atoms with Crippen molar-refractivity contribution in [3.05, 3.63) is 29.3 Å². The Bertz CT molecular complexity index is 564. The van der Waals surface area contributed by atoms with Crippen molar-refractivity contribution in [2.24, 2.45) is 16.7 Å². The normalized spacial score (nSPS) is 27.3. The van der Waals surface area contributed by atoms with Gasteiger partial charge in [-0.3, -0.25) is 9.59 Å². The molecule has 1 fully saturated rings. The van der Waals surface area contributed by atoms with E-state index in [1.54, 1.807) is 31.2 Å². The van der Waals surface area contributed by atoms with Crippen LogP contribution in [0.25, 0.3) is 0 Å². The van der Waals surface area contributed by atoms with Crippen LogP contribution in [0.5, 0.6) is 5.75 Å². The van der Waals surface area contributed by atoms with Crippen LogP contribution in [0.4, 0.5) is 0 Å². The van der Waals surface area contributed by atoms with Crippen molar-refractivity contribution in [3.63, 3.8) is 0 Å². The molecule has 114 valence electrons. The largest absolute Gasteiger partial charge is 0.481 e. The molecule has 0 bridgehead atoms. The predicted octanol–water partition coefficient (Wildman–Crippen LogP) is 3.77. The van der Waals surface area contributed by atoms with Gasteiger partial charge in [0.15, 0.2) is 0 Å². The Labute approximate surface area is 129 Å². The summed E-state index contributed by atoms with van der Waals surface area (Å²) in [6.45, 7) is 5.34. The molecule has 21 heavy (non-hydrogen) atoms. The monoisotopic (exact) mass is 310 g/mol. The SMILES string of the molecule is CC1(C(=O)O)CCC(C(=O)Oc2ccc(Cl)cc2)C1(C)C. The first-order chi connectivity index (χ1) is 9.68. The number of esters is 1. The van der Waals surface area contributed by atoms with Gasteiger partial charge in [0.05, 0.1) is 11.3 Å². The summed E-state index contributed by atoms with van der Waals surface area (Å²) >= 11 is 5.79. The Morgan fingerprint density at radius 2 is 1.81 bits per heavy atom. The molecule has 2 atom stereocenters. The lowest BCUT2D eigenvalue weighted by Gasteiger charge is -2.37. The summed E-state index contributed by atoms with van der Waals surface area (Å²) in [6, 6.07) is 6.54. The third kappa shape index (κ3) is 2.64. The third-order valence-corrected chi connectivity index (χ3v) is 5.27. The molecule has 0 heterocycles. The fraction of sp³-hybridized carbons (Fsp3) is 0.500. The Morgan fingerprint density at radius 3 is 2.29 bits per heavy atom. The molecule has 4 nitrogen and oxygen atoms in total. The summed E-state index contributed by atoms with van der Waals surface area (Å²) in [5, 5.41) is 10.0. The molecule has 0 saturated heterocycles.